The van der Waals surface area contributed by atoms with Crippen molar-refractivity contribution in [3.05, 3.63) is 45.6 Å². The van der Waals surface area contributed by atoms with E-state index in [1.807, 2.05) is 0 Å². The Morgan fingerprint density at radius 2 is 1.95 bits per heavy atom. The van der Waals surface area contributed by atoms with E-state index in [2.05, 4.69) is 4.72 Å². The second-order valence-corrected chi connectivity index (χ2v) is 6.48. The highest BCUT2D eigenvalue weighted by Crippen LogP contribution is 2.27. The lowest BCUT2D eigenvalue weighted by Gasteiger charge is -2.08. The molecule has 2 aromatic rings. The molecule has 8 heteroatoms. The minimum Gasteiger partial charge on any atom is -0.477 e. The molecule has 19 heavy (non-hydrogen) atoms. The lowest BCUT2D eigenvalue weighted by Crippen LogP contribution is -2.15. The molecule has 2 rings (SSSR count). The quantitative estimate of drug-likeness (QED) is 0.908. The van der Waals surface area contributed by atoms with Crippen LogP contribution < -0.4 is 4.72 Å². The van der Waals surface area contributed by atoms with Crippen molar-refractivity contribution in [2.24, 2.45) is 0 Å². The van der Waals surface area contributed by atoms with Crippen LogP contribution in [0, 0.1) is 0 Å². The van der Waals surface area contributed by atoms with Crippen LogP contribution in [0.25, 0.3) is 0 Å². The fourth-order valence-electron chi connectivity index (χ4n) is 1.41. The van der Waals surface area contributed by atoms with Crippen molar-refractivity contribution < 1.29 is 18.3 Å². The zero-order valence-electron chi connectivity index (χ0n) is 9.33. The van der Waals surface area contributed by atoms with E-state index in [0.717, 1.165) is 11.3 Å². The van der Waals surface area contributed by atoms with Gasteiger partial charge in [-0.3, -0.25) is 4.72 Å². The fourth-order valence-corrected chi connectivity index (χ4v) is 3.99. The molecule has 0 atom stereocenters. The number of carbonyl (C=O) groups is 1. The fraction of sp³-hybridized carbons (Fsp3) is 0. The summed E-state index contributed by atoms with van der Waals surface area (Å²) < 4.78 is 26.5. The SMILES string of the molecule is O=C(O)c1sccc1S(=O)(=O)Nc1ccccc1Cl. The molecule has 0 bridgehead atoms. The molecule has 0 amide bonds. The van der Waals surface area contributed by atoms with Crippen LogP contribution in [0.2, 0.25) is 5.02 Å². The summed E-state index contributed by atoms with van der Waals surface area (Å²) in [5.74, 6) is -1.28. The number of carboxylic acids is 1. The number of rotatable bonds is 4. The monoisotopic (exact) mass is 317 g/mol. The van der Waals surface area contributed by atoms with E-state index in [9.17, 15) is 13.2 Å². The molecule has 0 aliphatic carbocycles. The van der Waals surface area contributed by atoms with E-state index >= 15 is 0 Å². The molecule has 0 aliphatic heterocycles. The summed E-state index contributed by atoms with van der Waals surface area (Å²) in [6, 6.07) is 7.55. The molecule has 0 radical (unpaired) electrons. The Kier molecular flexibility index (Phi) is 3.79. The first-order valence-electron chi connectivity index (χ1n) is 5.00. The molecule has 0 unspecified atom stereocenters. The van der Waals surface area contributed by atoms with Crippen LogP contribution in [0.5, 0.6) is 0 Å². The number of hydrogen-bond donors (Lipinski definition) is 2. The van der Waals surface area contributed by atoms with Gasteiger partial charge in [0, 0.05) is 0 Å². The number of anilines is 1. The number of benzene rings is 1. The standard InChI is InChI=1S/C11H8ClNO4S2/c12-7-3-1-2-4-8(7)13-19(16,17)9-5-6-18-10(9)11(14)15/h1-6,13H,(H,14,15). The molecule has 1 aromatic heterocycles. The Balaban J connectivity index is 2.41. The maximum atomic E-state index is 12.1. The van der Waals surface area contributed by atoms with Crippen LogP contribution in [-0.4, -0.2) is 19.5 Å². The van der Waals surface area contributed by atoms with E-state index in [1.54, 1.807) is 12.1 Å². The van der Waals surface area contributed by atoms with Crippen LogP contribution >= 0.6 is 22.9 Å². The lowest BCUT2D eigenvalue weighted by atomic mass is 10.3. The van der Waals surface area contributed by atoms with E-state index in [-0.39, 0.29) is 20.5 Å². The van der Waals surface area contributed by atoms with Crippen LogP contribution in [0.3, 0.4) is 0 Å². The van der Waals surface area contributed by atoms with Gasteiger partial charge in [-0.2, -0.15) is 0 Å². The highest BCUT2D eigenvalue weighted by molar-refractivity contribution is 7.93. The maximum Gasteiger partial charge on any atom is 0.347 e. The lowest BCUT2D eigenvalue weighted by molar-refractivity contribution is 0.0698. The maximum absolute atomic E-state index is 12.1. The topological polar surface area (TPSA) is 83.5 Å². The molecule has 0 spiro atoms. The predicted molar refractivity (Wildman–Crippen MR) is 73.5 cm³/mol. The van der Waals surface area contributed by atoms with Crippen molar-refractivity contribution in [3.63, 3.8) is 0 Å². The zero-order chi connectivity index (χ0) is 14.0. The number of nitrogens with one attached hydrogen (secondary N) is 1. The summed E-state index contributed by atoms with van der Waals surface area (Å²) in [6.07, 6.45) is 0. The van der Waals surface area contributed by atoms with Crippen LogP contribution in [0.15, 0.2) is 40.6 Å². The molecule has 0 saturated heterocycles. The zero-order valence-corrected chi connectivity index (χ0v) is 11.7. The molecule has 1 heterocycles. The predicted octanol–water partition coefficient (Wildman–Crippen LogP) is 2.90. The first-order valence-corrected chi connectivity index (χ1v) is 7.74. The third-order valence-corrected chi connectivity index (χ3v) is 5.00. The summed E-state index contributed by atoms with van der Waals surface area (Å²) in [5.41, 5.74) is 0.201. The van der Waals surface area contributed by atoms with Gasteiger partial charge in [-0.15, -0.1) is 11.3 Å². The number of para-hydroxylation sites is 1. The largest absolute Gasteiger partial charge is 0.477 e. The molecule has 0 saturated carbocycles. The van der Waals surface area contributed by atoms with Crippen molar-refractivity contribution in [1.82, 2.24) is 0 Å². The molecule has 2 N–H and O–H groups in total. The van der Waals surface area contributed by atoms with Crippen molar-refractivity contribution in [1.29, 1.82) is 0 Å². The van der Waals surface area contributed by atoms with Gasteiger partial charge < -0.3 is 5.11 Å². The molecular formula is C11H8ClNO4S2. The second kappa shape index (κ2) is 5.20. The first kappa shape index (κ1) is 13.9. The van der Waals surface area contributed by atoms with Gasteiger partial charge in [-0.1, -0.05) is 23.7 Å². The highest BCUT2D eigenvalue weighted by Gasteiger charge is 2.24. The summed E-state index contributed by atoms with van der Waals surface area (Å²) in [7, 11) is -3.97. The van der Waals surface area contributed by atoms with Gasteiger partial charge in [0.15, 0.2) is 0 Å². The van der Waals surface area contributed by atoms with Crippen molar-refractivity contribution in [2.45, 2.75) is 4.90 Å². The van der Waals surface area contributed by atoms with Gasteiger partial charge in [-0.05, 0) is 23.6 Å². The Morgan fingerprint density at radius 1 is 1.26 bits per heavy atom. The van der Waals surface area contributed by atoms with Crippen molar-refractivity contribution in [3.8, 4) is 0 Å². The van der Waals surface area contributed by atoms with Crippen LogP contribution in [-0.2, 0) is 10.0 Å². The van der Waals surface area contributed by atoms with E-state index in [0.29, 0.717) is 0 Å². The average molecular weight is 318 g/mol. The molecule has 1 aromatic carbocycles. The summed E-state index contributed by atoms with van der Waals surface area (Å²) >= 11 is 6.70. The van der Waals surface area contributed by atoms with Gasteiger partial charge >= 0.3 is 5.97 Å². The third kappa shape index (κ3) is 2.89. The van der Waals surface area contributed by atoms with Gasteiger partial charge in [0.2, 0.25) is 0 Å². The van der Waals surface area contributed by atoms with Crippen molar-refractivity contribution in [2.75, 3.05) is 4.72 Å². The Hall–Kier alpha value is -1.57. The van der Waals surface area contributed by atoms with Crippen molar-refractivity contribution >= 4 is 44.6 Å². The number of aromatic carboxylic acids is 1. The van der Waals surface area contributed by atoms with Gasteiger partial charge in [-0.25, -0.2) is 13.2 Å². The first-order chi connectivity index (χ1) is 8.92. The number of thiophene rings is 1. The number of sulfonamides is 1. The Labute approximate surface area is 118 Å². The average Bonchev–Trinajstić information content (AvgIpc) is 2.82. The molecule has 0 aliphatic rings. The number of halogens is 1. The molecule has 100 valence electrons. The summed E-state index contributed by atoms with van der Waals surface area (Å²) in [6.45, 7) is 0. The highest BCUT2D eigenvalue weighted by atomic mass is 35.5. The van der Waals surface area contributed by atoms with E-state index < -0.39 is 16.0 Å². The second-order valence-electron chi connectivity index (χ2n) is 3.50. The summed E-state index contributed by atoms with van der Waals surface area (Å²) in [4.78, 5) is 10.4. The van der Waals surface area contributed by atoms with E-state index in [4.69, 9.17) is 16.7 Å². The van der Waals surface area contributed by atoms with Gasteiger partial charge in [0.25, 0.3) is 10.0 Å². The van der Waals surface area contributed by atoms with Gasteiger partial charge in [0.05, 0.1) is 10.7 Å². The van der Waals surface area contributed by atoms with Crippen LogP contribution in [0.4, 0.5) is 5.69 Å². The van der Waals surface area contributed by atoms with E-state index in [1.165, 1.54) is 23.6 Å². The smallest absolute Gasteiger partial charge is 0.347 e. The minimum absolute atomic E-state index is 0.201. The minimum atomic E-state index is -3.97. The Morgan fingerprint density at radius 3 is 2.58 bits per heavy atom. The summed E-state index contributed by atoms with van der Waals surface area (Å²) in [5, 5.41) is 10.6. The molecule has 0 fully saturated rings. The molecular weight excluding hydrogens is 310 g/mol. The number of hydrogen-bond acceptors (Lipinski definition) is 4. The normalized spacial score (nSPS) is 11.2. The molecule has 5 nitrogen and oxygen atoms in total. The van der Waals surface area contributed by atoms with Gasteiger partial charge in [0.1, 0.15) is 9.77 Å². The third-order valence-electron chi connectivity index (χ3n) is 2.23. The number of carboxylic acid groups (broad SMARTS) is 1. The van der Waals surface area contributed by atoms with Crippen LogP contribution in [0.1, 0.15) is 9.67 Å². The Bertz CT molecular complexity index is 724.